The molecule has 0 unspecified atom stereocenters. The molecule has 0 bridgehead atoms. The third-order valence-corrected chi connectivity index (χ3v) is 19.3. The molecule has 0 atom stereocenters. The lowest BCUT2D eigenvalue weighted by Crippen LogP contribution is -2.25. The van der Waals surface area contributed by atoms with Gasteiger partial charge in [-0.15, -0.1) is 0 Å². The monoisotopic (exact) mass is 873 g/mol. The van der Waals surface area contributed by atoms with Crippen molar-refractivity contribution in [2.45, 2.75) is 265 Å². The molecule has 6 saturated carbocycles. The molecule has 0 amide bonds. The minimum atomic E-state index is 0. The smallest absolute Gasteiger partial charge is 0 e. The molecule has 6 aliphatic carbocycles. The maximum atomic E-state index is 2.42. The zero-order valence-corrected chi connectivity index (χ0v) is 42.9. The fraction of sp³-hybridized carbons (Fsp3) is 0.810. The van der Waals surface area contributed by atoms with E-state index in [1.54, 1.807) is 49.7 Å². The van der Waals surface area contributed by atoms with E-state index >= 15 is 0 Å². The van der Waals surface area contributed by atoms with Crippen LogP contribution in [0.25, 0.3) is 0 Å². The molecule has 0 spiro atoms. The third-order valence-electron chi connectivity index (χ3n) is 19.3. The van der Waals surface area contributed by atoms with Crippen LogP contribution in [-0.2, 0) is 6.42 Å². The van der Waals surface area contributed by atoms with Crippen LogP contribution in [0.15, 0.2) is 48.5 Å². The molecule has 0 radical (unpaired) electrons. The first-order valence-electron chi connectivity index (χ1n) is 29.0. The van der Waals surface area contributed by atoms with Crippen LogP contribution >= 0.6 is 0 Å². The number of rotatable bonds is 14. The molecule has 0 N–H and O–H groups in total. The predicted octanol–water partition coefficient (Wildman–Crippen LogP) is 21.7. The van der Waals surface area contributed by atoms with Gasteiger partial charge in [-0.05, 0) is 204 Å². The van der Waals surface area contributed by atoms with Crippen LogP contribution in [0.2, 0.25) is 0 Å². The highest BCUT2D eigenvalue weighted by molar-refractivity contribution is 5.26. The quantitative estimate of drug-likeness (QED) is 0.177. The second-order valence-electron chi connectivity index (χ2n) is 23.5. The summed E-state index contributed by atoms with van der Waals surface area (Å²) < 4.78 is 0. The lowest BCUT2D eigenvalue weighted by molar-refractivity contribution is 0.142. The van der Waals surface area contributed by atoms with Gasteiger partial charge in [0.1, 0.15) is 0 Å². The van der Waals surface area contributed by atoms with E-state index in [1.807, 2.05) is 0 Å². The van der Waals surface area contributed by atoms with Crippen LogP contribution in [0.3, 0.4) is 0 Å². The summed E-state index contributed by atoms with van der Waals surface area (Å²) in [7, 11) is 0. The summed E-state index contributed by atoms with van der Waals surface area (Å²) in [6.45, 7) is 13.9. The van der Waals surface area contributed by atoms with Crippen molar-refractivity contribution in [1.29, 1.82) is 0 Å². The molecule has 63 heavy (non-hydrogen) atoms. The van der Waals surface area contributed by atoms with Gasteiger partial charge in [-0.1, -0.05) is 191 Å². The second-order valence-corrected chi connectivity index (χ2v) is 23.5. The van der Waals surface area contributed by atoms with E-state index in [9.17, 15) is 0 Å². The Morgan fingerprint density at radius 2 is 0.619 bits per heavy atom. The number of aryl methyl sites for hydroxylation is 2. The fourth-order valence-electron chi connectivity index (χ4n) is 15.1. The van der Waals surface area contributed by atoms with Gasteiger partial charge < -0.3 is 0 Å². The van der Waals surface area contributed by atoms with E-state index in [1.165, 1.54) is 184 Å². The van der Waals surface area contributed by atoms with Gasteiger partial charge in [-0.2, -0.15) is 0 Å². The Hall–Kier alpha value is -1.56. The first-order valence-corrected chi connectivity index (χ1v) is 29.0. The number of benzene rings is 2. The minimum absolute atomic E-state index is 0. The summed E-state index contributed by atoms with van der Waals surface area (Å²) in [4.78, 5) is 0. The molecule has 6 aliphatic rings. The third kappa shape index (κ3) is 16.3. The van der Waals surface area contributed by atoms with Crippen molar-refractivity contribution in [3.8, 4) is 0 Å². The summed E-state index contributed by atoms with van der Waals surface area (Å²) in [5.41, 5.74) is 6.11. The van der Waals surface area contributed by atoms with E-state index in [0.29, 0.717) is 0 Å². The summed E-state index contributed by atoms with van der Waals surface area (Å²) in [5.74, 6) is 12.4. The molecule has 368 valence electrons. The summed E-state index contributed by atoms with van der Waals surface area (Å²) >= 11 is 0. The molecule has 0 aromatic heterocycles. The van der Waals surface area contributed by atoms with Crippen molar-refractivity contribution in [1.82, 2.24) is 0 Å². The van der Waals surface area contributed by atoms with Crippen molar-refractivity contribution >= 4 is 0 Å². The lowest BCUT2D eigenvalue weighted by Gasteiger charge is -2.38. The van der Waals surface area contributed by atoms with Gasteiger partial charge in [0.2, 0.25) is 0 Å². The highest BCUT2D eigenvalue weighted by Crippen LogP contribution is 2.47. The van der Waals surface area contributed by atoms with Crippen LogP contribution in [0, 0.1) is 66.1 Å². The Kier molecular flexibility index (Phi) is 22.5. The Bertz CT molecular complexity index is 1450. The lowest BCUT2D eigenvalue weighted by atomic mass is 9.68. The summed E-state index contributed by atoms with van der Waals surface area (Å²) in [6.07, 6.45) is 48.9. The van der Waals surface area contributed by atoms with E-state index in [4.69, 9.17) is 0 Å². The number of hydrogen-bond acceptors (Lipinski definition) is 0. The van der Waals surface area contributed by atoms with Gasteiger partial charge in [0.05, 0.1) is 0 Å². The number of hydrogen-bond donors (Lipinski definition) is 0. The summed E-state index contributed by atoms with van der Waals surface area (Å²) in [5, 5.41) is 0. The van der Waals surface area contributed by atoms with Gasteiger partial charge in [0, 0.05) is 8.56 Å². The first kappa shape index (κ1) is 50.8. The van der Waals surface area contributed by atoms with E-state index in [-0.39, 0.29) is 8.56 Å². The van der Waals surface area contributed by atoms with E-state index < -0.39 is 0 Å². The second kappa shape index (κ2) is 27.9. The van der Waals surface area contributed by atoms with E-state index in [0.717, 1.165) is 71.0 Å². The molecule has 0 aliphatic heterocycles. The van der Waals surface area contributed by atoms with Crippen LogP contribution in [0.1, 0.15) is 283 Å². The van der Waals surface area contributed by atoms with Crippen molar-refractivity contribution in [3.05, 3.63) is 70.8 Å². The molecule has 2 aromatic rings. The van der Waals surface area contributed by atoms with Crippen LogP contribution in [-0.4, -0.2) is 0 Å². The van der Waals surface area contributed by atoms with Crippen LogP contribution in [0.5, 0.6) is 0 Å². The first-order chi connectivity index (χ1) is 30.9. The molecule has 0 heterocycles. The van der Waals surface area contributed by atoms with Gasteiger partial charge in [-0.3, -0.25) is 0 Å². The standard InChI is InChI=1S/C24H38.C22H34.C17H32.6H2/c1-3-5-19-7-11-21(12-8-19)23-15-17-24(18-16-23)22-13-9-20(6-4-2)10-14-22;1-3-4-18-7-11-20(12-8-18)22-15-13-21(14-16-22)19-9-5-17(2)6-10-19;1-3-5-15-8-12-17(13-9-15)16-10-6-14(4-2)7-11-16;;;;;;/h7-8,11-12,20,22-24H,3-6,9-10,13-18H2,1-2H3;5-6,9-10,18,20-22H,3-4,7-8,11-16H2,1-2H3;14-17H,3-13H2,1-2H3;6*1H. The molecule has 8 rings (SSSR count). The van der Waals surface area contributed by atoms with Crippen LogP contribution < -0.4 is 0 Å². The average Bonchev–Trinajstić information content (AvgIpc) is 3.34. The Labute approximate surface area is 402 Å². The Morgan fingerprint density at radius 1 is 0.333 bits per heavy atom. The fourth-order valence-corrected chi connectivity index (χ4v) is 15.1. The van der Waals surface area contributed by atoms with Crippen LogP contribution in [0.4, 0.5) is 0 Å². The summed E-state index contributed by atoms with van der Waals surface area (Å²) in [6, 6.07) is 18.9. The van der Waals surface area contributed by atoms with E-state index in [2.05, 4.69) is 90.1 Å². The molecular formula is C63H116. The molecule has 2 aromatic carbocycles. The Balaban J connectivity index is 0.000000976. The Morgan fingerprint density at radius 3 is 0.905 bits per heavy atom. The normalized spacial score (nSPS) is 33.9. The molecule has 0 saturated heterocycles. The van der Waals surface area contributed by atoms with Crippen molar-refractivity contribution < 1.29 is 8.56 Å². The predicted molar refractivity (Wildman–Crippen MR) is 291 cm³/mol. The molecular weight excluding hydrogens is 757 g/mol. The van der Waals surface area contributed by atoms with Gasteiger partial charge >= 0.3 is 0 Å². The minimum Gasteiger partial charge on any atom is -0.0654 e. The van der Waals surface area contributed by atoms with Gasteiger partial charge in [0.25, 0.3) is 0 Å². The maximum Gasteiger partial charge on any atom is 0 e. The SMILES string of the molecule is CCCC1CCC(C2CCC(CC)CC2)CC1.CCCC1CCC(C2CCC(c3ccc(C)cc3)CC2)CC1.CCCc1ccc(C2CCC(C3CCC(CCC)CC3)CC2)cc1.[HH].[HH].[HH].[HH].[HH].[HH]. The van der Waals surface area contributed by atoms with Gasteiger partial charge in [-0.25, -0.2) is 0 Å². The molecule has 0 nitrogen and oxygen atoms in total. The maximum absolute atomic E-state index is 2.42. The van der Waals surface area contributed by atoms with Crippen molar-refractivity contribution in [2.24, 2.45) is 59.2 Å². The highest BCUT2D eigenvalue weighted by atomic mass is 14.4. The van der Waals surface area contributed by atoms with Gasteiger partial charge in [0.15, 0.2) is 0 Å². The zero-order valence-electron chi connectivity index (χ0n) is 42.9. The highest BCUT2D eigenvalue weighted by Gasteiger charge is 2.33. The van der Waals surface area contributed by atoms with Crippen molar-refractivity contribution in [2.75, 3.05) is 0 Å². The zero-order chi connectivity index (χ0) is 44.2. The topological polar surface area (TPSA) is 0 Å². The molecule has 0 heteroatoms. The average molecular weight is 874 g/mol. The molecule has 6 fully saturated rings. The largest absolute Gasteiger partial charge is 0.0654 e. The van der Waals surface area contributed by atoms with Crippen molar-refractivity contribution in [3.63, 3.8) is 0 Å².